The van der Waals surface area contributed by atoms with Crippen LogP contribution in [0.2, 0.25) is 0 Å². The van der Waals surface area contributed by atoms with Gasteiger partial charge in [-0.3, -0.25) is 0 Å². The molecule has 16 aliphatic carbocycles. The summed E-state index contributed by atoms with van der Waals surface area (Å²) in [4.78, 5) is 0. The molecule has 0 aromatic rings. The minimum atomic E-state index is 0.927. The molecule has 0 amide bonds. The molecule has 0 aromatic heterocycles. The zero-order valence-electron chi connectivity index (χ0n) is 80.0. The van der Waals surface area contributed by atoms with Crippen molar-refractivity contribution in [2.24, 2.45) is 237 Å². The number of allylic oxidation sites excluding steroid dienone is 14. The fourth-order valence-corrected chi connectivity index (χ4v) is 30.9. The molecule has 652 valence electrons. The second kappa shape index (κ2) is 47.5. The highest BCUT2D eigenvalue weighted by Gasteiger charge is 2.54. The number of unbranched alkanes of at least 4 members (excludes halogenated alkanes) is 6. The van der Waals surface area contributed by atoms with Crippen LogP contribution in [0.3, 0.4) is 0 Å². The number of hydrogen-bond donors (Lipinski definition) is 0. The summed E-state index contributed by atoms with van der Waals surface area (Å²) in [5.41, 5.74) is 0. The van der Waals surface area contributed by atoms with Crippen LogP contribution in [0.1, 0.15) is 383 Å². The summed E-state index contributed by atoms with van der Waals surface area (Å²) in [6, 6.07) is 0. The first-order valence-corrected chi connectivity index (χ1v) is 52.0. The van der Waals surface area contributed by atoms with Gasteiger partial charge in [-0.2, -0.15) is 0 Å². The van der Waals surface area contributed by atoms with Crippen LogP contribution < -0.4 is 0 Å². The van der Waals surface area contributed by atoms with Crippen molar-refractivity contribution in [3.8, 4) is 0 Å². The Hall–Kier alpha value is -2.08. The first-order chi connectivity index (χ1) is 54.9. The van der Waals surface area contributed by atoms with Crippen LogP contribution in [-0.4, -0.2) is 0 Å². The second-order valence-electron chi connectivity index (χ2n) is 44.9. The SMILES string of the molecule is C/C=C/CC1CC2CC1C(C)C2C.C/C=C/CCCC1CC2CC1C(C)C2C.C=CCCC1CC2CC1C(C)C2C.C=CCCCCC1CC2CC1C(C)C2C.CC/C=C/C1CC2CC1C(C)C2C.CC/C=C/CCC1CC2CC1C(C)C2C.CCC/C=C/CC1CC2CC1C(C)C2C.CCCC/C=C/C1CC2CC1C(C)C2C. The molecule has 16 aliphatic rings. The molecule has 0 saturated heterocycles. The molecular formula is C114H196. The molecule has 40 atom stereocenters. The van der Waals surface area contributed by atoms with E-state index >= 15 is 0 Å². The van der Waals surface area contributed by atoms with Gasteiger partial charge in [0.15, 0.2) is 0 Å². The summed E-state index contributed by atoms with van der Waals surface area (Å²) in [5, 5.41) is 0. The van der Waals surface area contributed by atoms with E-state index in [-0.39, 0.29) is 0 Å². The van der Waals surface area contributed by atoms with Crippen molar-refractivity contribution >= 4 is 0 Å². The standard InChI is InChI=1S/5C15H26.3C13H22/c5*1-4-5-6-7-8-13-9-14-10-15(13)12(3)11(14)2;3*1-4-5-6-11-7-12-8-13(11)10(3)9(12)2/h7-8,11-15H,4-6,9-10H2,1-3H3;6-7,11-15H,4-5,8-10H2,1-3H3;5-6,11-15H,4,7-10H2,1-3H3;4-5,11-15H,6-10H2,1-3H3;4,11-15H,1,5-10H2,2-3H3;5-6,9-13H,4,7-8H2,1-3H3;4-5,9-13H,6-8H2,1-3H3;4,9-13H,1,5-8H2,2-3H3/b8-7+;7-6+;6-5+;5-4+;;6-5+;5-4+;. The maximum atomic E-state index is 3.82. The Bertz CT molecular complexity index is 2870. The van der Waals surface area contributed by atoms with E-state index in [2.05, 4.69) is 251 Å². The molecule has 0 N–H and O–H groups in total. The van der Waals surface area contributed by atoms with E-state index in [1.54, 1.807) is 32.1 Å². The van der Waals surface area contributed by atoms with E-state index in [4.69, 9.17) is 0 Å². The molecule has 16 bridgehead atoms. The van der Waals surface area contributed by atoms with Crippen LogP contribution in [-0.2, 0) is 0 Å². The smallest absolute Gasteiger partial charge is 0.0200 e. The van der Waals surface area contributed by atoms with E-state index in [0.29, 0.717) is 0 Å². The van der Waals surface area contributed by atoms with Gasteiger partial charge in [0.2, 0.25) is 0 Å². The third-order valence-electron chi connectivity index (χ3n) is 39.8. The van der Waals surface area contributed by atoms with Crippen LogP contribution in [0.5, 0.6) is 0 Å². The van der Waals surface area contributed by atoms with Crippen molar-refractivity contribution < 1.29 is 0 Å². The van der Waals surface area contributed by atoms with Gasteiger partial charge in [0.05, 0.1) is 0 Å². The zero-order valence-corrected chi connectivity index (χ0v) is 80.0. The van der Waals surface area contributed by atoms with E-state index in [1.807, 2.05) is 0 Å². The second-order valence-corrected chi connectivity index (χ2v) is 44.9. The van der Waals surface area contributed by atoms with Gasteiger partial charge in [-0.1, -0.05) is 256 Å². The van der Waals surface area contributed by atoms with Crippen LogP contribution in [0.15, 0.2) is 98.2 Å². The summed E-state index contributed by atoms with van der Waals surface area (Å²) < 4.78 is 0. The Labute approximate surface area is 713 Å². The highest BCUT2D eigenvalue weighted by molar-refractivity contribution is 5.09. The normalized spacial score (nSPS) is 45.8. The molecule has 40 unspecified atom stereocenters. The Balaban J connectivity index is 0.000000149. The highest BCUT2D eigenvalue weighted by Crippen LogP contribution is 2.63. The summed E-state index contributed by atoms with van der Waals surface area (Å²) in [7, 11) is 0. The van der Waals surface area contributed by atoms with Gasteiger partial charge in [-0.25, -0.2) is 0 Å². The summed E-state index contributed by atoms with van der Waals surface area (Å²) >= 11 is 0. The van der Waals surface area contributed by atoms with Gasteiger partial charge in [0.25, 0.3) is 0 Å². The number of fused-ring (bicyclic) bond motifs is 16. The first-order valence-electron chi connectivity index (χ1n) is 52.0. The largest absolute Gasteiger partial charge is 0.103 e. The molecule has 0 heterocycles. The zero-order chi connectivity index (χ0) is 82.4. The minimum absolute atomic E-state index is 0.927. The van der Waals surface area contributed by atoms with Crippen LogP contribution in [0, 0.1) is 237 Å². The molecule has 16 fully saturated rings. The lowest BCUT2D eigenvalue weighted by Crippen LogP contribution is -2.24. The Morgan fingerprint density at radius 1 is 0.228 bits per heavy atom. The highest BCUT2D eigenvalue weighted by atomic mass is 14.6. The molecule has 16 saturated carbocycles. The van der Waals surface area contributed by atoms with Crippen LogP contribution in [0.4, 0.5) is 0 Å². The lowest BCUT2D eigenvalue weighted by Gasteiger charge is -2.31. The molecule has 0 spiro atoms. The van der Waals surface area contributed by atoms with Crippen molar-refractivity contribution in [3.05, 3.63) is 98.2 Å². The molecule has 114 heavy (non-hydrogen) atoms. The van der Waals surface area contributed by atoms with Crippen molar-refractivity contribution in [1.82, 2.24) is 0 Å². The van der Waals surface area contributed by atoms with Gasteiger partial charge in [-0.05, 0) is 450 Å². The number of hydrogen-bond acceptors (Lipinski definition) is 0. The van der Waals surface area contributed by atoms with Gasteiger partial charge >= 0.3 is 0 Å². The van der Waals surface area contributed by atoms with E-state index in [1.165, 1.54) is 199 Å². The van der Waals surface area contributed by atoms with Gasteiger partial charge in [0, 0.05) is 0 Å². The minimum Gasteiger partial charge on any atom is -0.103 e. The molecule has 0 aromatic carbocycles. The van der Waals surface area contributed by atoms with Crippen molar-refractivity contribution in [2.45, 2.75) is 383 Å². The third-order valence-corrected chi connectivity index (χ3v) is 39.8. The monoisotopic (exact) mass is 1570 g/mol. The fraction of sp³-hybridized carbons (Fsp3) is 0.860. The molecule has 16 rings (SSSR count). The first kappa shape index (κ1) is 95.8. The Morgan fingerprint density at radius 2 is 0.544 bits per heavy atom. The molecule has 0 heteroatoms. The summed E-state index contributed by atoms with van der Waals surface area (Å²) in [6.45, 7) is 60.4. The number of rotatable bonds is 28. The maximum Gasteiger partial charge on any atom is -0.0200 e. The fourth-order valence-electron chi connectivity index (χ4n) is 30.9. The third kappa shape index (κ3) is 24.2. The topological polar surface area (TPSA) is 0 Å². The predicted octanol–water partition coefficient (Wildman–Crippen LogP) is 34.9. The Morgan fingerprint density at radius 3 is 0.886 bits per heavy atom. The van der Waals surface area contributed by atoms with E-state index in [0.717, 1.165) is 237 Å². The van der Waals surface area contributed by atoms with Crippen LogP contribution in [0.25, 0.3) is 0 Å². The van der Waals surface area contributed by atoms with Gasteiger partial charge in [0.1, 0.15) is 0 Å². The summed E-state index contributed by atoms with van der Waals surface area (Å²) in [5.74, 6) is 41.1. The quantitative estimate of drug-likeness (QED) is 0.0541. The molecule has 0 aliphatic heterocycles. The summed E-state index contributed by atoms with van der Waals surface area (Å²) in [6.07, 6.45) is 83.8. The molecule has 0 radical (unpaired) electrons. The average Bonchev–Trinajstić information content (AvgIpc) is 1.70. The van der Waals surface area contributed by atoms with Gasteiger partial charge < -0.3 is 0 Å². The van der Waals surface area contributed by atoms with E-state index in [9.17, 15) is 0 Å². The lowest BCUT2D eigenvalue weighted by atomic mass is 9.74. The molecule has 0 nitrogen and oxygen atoms in total. The average molecular weight is 1570 g/mol. The van der Waals surface area contributed by atoms with Crippen molar-refractivity contribution in [2.75, 3.05) is 0 Å². The maximum absolute atomic E-state index is 3.82. The Kier molecular flexibility index (Phi) is 39.9. The van der Waals surface area contributed by atoms with Crippen LogP contribution >= 0.6 is 0 Å². The van der Waals surface area contributed by atoms with Gasteiger partial charge in [-0.15, -0.1) is 13.2 Å². The van der Waals surface area contributed by atoms with Crippen molar-refractivity contribution in [1.29, 1.82) is 0 Å². The van der Waals surface area contributed by atoms with E-state index < -0.39 is 0 Å². The lowest BCUT2D eigenvalue weighted by molar-refractivity contribution is 0.179. The predicted molar refractivity (Wildman–Crippen MR) is 506 cm³/mol. The molecular weight excluding hydrogens is 1370 g/mol. The van der Waals surface area contributed by atoms with Crippen molar-refractivity contribution in [3.63, 3.8) is 0 Å².